The Kier molecular flexibility index (Phi) is 4.93. The molecule has 0 bridgehead atoms. The van der Waals surface area contributed by atoms with Gasteiger partial charge in [-0.2, -0.15) is 0 Å². The van der Waals surface area contributed by atoms with Crippen molar-refractivity contribution in [3.05, 3.63) is 92.1 Å². The van der Waals surface area contributed by atoms with Crippen LogP contribution in [0, 0.1) is 32.6 Å². The molecule has 4 aromatic rings. The predicted molar refractivity (Wildman–Crippen MR) is 124 cm³/mol. The summed E-state index contributed by atoms with van der Waals surface area (Å²) in [6.07, 6.45) is 1.83. The van der Waals surface area contributed by atoms with Gasteiger partial charge < -0.3 is 0 Å². The molecule has 0 atom stereocenters. The lowest BCUT2D eigenvalue weighted by atomic mass is 10.00. The van der Waals surface area contributed by atoms with Gasteiger partial charge in [-0.15, -0.1) is 21.5 Å². The number of thiophene rings is 1. The molecule has 31 heavy (non-hydrogen) atoms. The van der Waals surface area contributed by atoms with E-state index in [-0.39, 0.29) is 0 Å². The van der Waals surface area contributed by atoms with E-state index in [4.69, 9.17) is 16.6 Å². The quantitative estimate of drug-likeness (QED) is 0.387. The summed E-state index contributed by atoms with van der Waals surface area (Å²) in [6.45, 7) is 6.54. The second-order valence-electron chi connectivity index (χ2n) is 7.38. The summed E-state index contributed by atoms with van der Waals surface area (Å²) in [5.74, 6) is 8.19. The van der Waals surface area contributed by atoms with Gasteiger partial charge in [0.25, 0.3) is 0 Å². The second kappa shape index (κ2) is 7.77. The van der Waals surface area contributed by atoms with Gasteiger partial charge in [-0.3, -0.25) is 9.56 Å². The van der Waals surface area contributed by atoms with Gasteiger partial charge in [-0.05, 0) is 61.9 Å². The zero-order valence-corrected chi connectivity index (χ0v) is 18.8. The molecule has 3 aromatic heterocycles. The molecule has 0 unspecified atom stereocenters. The highest BCUT2D eigenvalue weighted by molar-refractivity contribution is 7.15. The van der Waals surface area contributed by atoms with E-state index in [1.807, 2.05) is 56.4 Å². The van der Waals surface area contributed by atoms with Crippen molar-refractivity contribution in [2.24, 2.45) is 4.99 Å². The van der Waals surface area contributed by atoms with Crippen LogP contribution >= 0.6 is 22.9 Å². The number of aromatic nitrogens is 4. The van der Waals surface area contributed by atoms with Crippen molar-refractivity contribution in [1.82, 2.24) is 19.7 Å². The van der Waals surface area contributed by atoms with Crippen molar-refractivity contribution < 1.29 is 0 Å². The molecule has 0 saturated heterocycles. The Morgan fingerprint density at radius 1 is 1.00 bits per heavy atom. The average molecular weight is 444 g/mol. The Morgan fingerprint density at radius 3 is 2.55 bits per heavy atom. The van der Waals surface area contributed by atoms with Crippen molar-refractivity contribution in [2.45, 2.75) is 27.3 Å². The molecule has 1 aliphatic rings. The van der Waals surface area contributed by atoms with Gasteiger partial charge in [0.05, 0.1) is 10.6 Å². The molecular weight excluding hydrogens is 426 g/mol. The Balaban J connectivity index is 1.69. The third kappa shape index (κ3) is 3.56. The van der Waals surface area contributed by atoms with Crippen LogP contribution in [0.5, 0.6) is 0 Å². The van der Waals surface area contributed by atoms with E-state index < -0.39 is 0 Å². The summed E-state index contributed by atoms with van der Waals surface area (Å²) < 4.78 is 2.09. The van der Waals surface area contributed by atoms with Crippen LogP contribution in [-0.4, -0.2) is 25.5 Å². The fourth-order valence-electron chi connectivity index (χ4n) is 3.56. The van der Waals surface area contributed by atoms with E-state index in [1.165, 1.54) is 0 Å². The average Bonchev–Trinajstić information content (AvgIpc) is 3.23. The first kappa shape index (κ1) is 19.7. The van der Waals surface area contributed by atoms with Crippen LogP contribution in [0.25, 0.3) is 5.00 Å². The van der Waals surface area contributed by atoms with Gasteiger partial charge >= 0.3 is 0 Å². The highest BCUT2D eigenvalue weighted by Crippen LogP contribution is 2.36. The number of fused-ring (bicyclic) bond motifs is 3. The van der Waals surface area contributed by atoms with Crippen LogP contribution in [-0.2, 0) is 6.54 Å². The van der Waals surface area contributed by atoms with E-state index >= 15 is 0 Å². The number of hydrogen-bond donors (Lipinski definition) is 0. The summed E-state index contributed by atoms with van der Waals surface area (Å²) in [4.78, 5) is 10.3. The van der Waals surface area contributed by atoms with Crippen LogP contribution in [0.1, 0.15) is 44.5 Å². The number of aryl methyl sites for hydroxylation is 2. The lowest BCUT2D eigenvalue weighted by Crippen LogP contribution is -2.07. The first-order valence-corrected chi connectivity index (χ1v) is 11.0. The Bertz CT molecular complexity index is 1380. The summed E-state index contributed by atoms with van der Waals surface area (Å²) in [5, 5.41) is 10.4. The van der Waals surface area contributed by atoms with Crippen LogP contribution < -0.4 is 0 Å². The fourth-order valence-corrected chi connectivity index (χ4v) is 4.92. The number of hydrogen-bond acceptors (Lipinski definition) is 5. The van der Waals surface area contributed by atoms with Crippen LogP contribution in [0.3, 0.4) is 0 Å². The fraction of sp³-hybridized carbons (Fsp3) is 0.167. The van der Waals surface area contributed by atoms with E-state index in [0.29, 0.717) is 11.6 Å². The van der Waals surface area contributed by atoms with Gasteiger partial charge in [0, 0.05) is 22.3 Å². The van der Waals surface area contributed by atoms with Crippen molar-refractivity contribution in [3.8, 4) is 16.8 Å². The monoisotopic (exact) mass is 443 g/mol. The van der Waals surface area contributed by atoms with Crippen molar-refractivity contribution in [1.29, 1.82) is 0 Å². The third-order valence-electron chi connectivity index (χ3n) is 5.17. The molecule has 0 N–H and O–H groups in total. The first-order valence-electron chi connectivity index (χ1n) is 9.81. The molecule has 0 fully saturated rings. The molecular formula is C24H18ClN5S. The molecule has 152 valence electrons. The molecule has 7 heteroatoms. The lowest BCUT2D eigenvalue weighted by Gasteiger charge is -2.09. The largest absolute Gasteiger partial charge is 0.276 e. The van der Waals surface area contributed by atoms with Gasteiger partial charge in [0.1, 0.15) is 23.1 Å². The Hall–Kier alpha value is -3.27. The van der Waals surface area contributed by atoms with Crippen LogP contribution in [0.2, 0.25) is 5.02 Å². The zero-order chi connectivity index (χ0) is 21.5. The summed E-state index contributed by atoms with van der Waals surface area (Å²) in [7, 11) is 0. The van der Waals surface area contributed by atoms with E-state index in [9.17, 15) is 0 Å². The minimum absolute atomic E-state index is 0.466. The molecule has 0 amide bonds. The van der Waals surface area contributed by atoms with Gasteiger partial charge in [-0.1, -0.05) is 29.8 Å². The third-order valence-corrected chi connectivity index (χ3v) is 6.62. The smallest absolute Gasteiger partial charge is 0.160 e. The molecule has 5 rings (SSSR count). The minimum atomic E-state index is 0.466. The first-order chi connectivity index (χ1) is 15.0. The predicted octanol–water partition coefficient (Wildman–Crippen LogP) is 5.05. The number of rotatable bonds is 1. The Morgan fingerprint density at radius 2 is 1.81 bits per heavy atom. The number of benzene rings is 1. The minimum Gasteiger partial charge on any atom is -0.276 e. The normalized spacial score (nSPS) is 12.3. The maximum Gasteiger partial charge on any atom is 0.160 e. The lowest BCUT2D eigenvalue weighted by molar-refractivity contribution is 0.869. The van der Waals surface area contributed by atoms with Gasteiger partial charge in [0.15, 0.2) is 5.82 Å². The molecule has 0 radical (unpaired) electrons. The molecule has 0 spiro atoms. The highest BCUT2D eigenvalue weighted by Gasteiger charge is 2.27. The summed E-state index contributed by atoms with van der Waals surface area (Å²) in [6, 6.07) is 11.7. The summed E-state index contributed by atoms with van der Waals surface area (Å²) >= 11 is 7.75. The van der Waals surface area contributed by atoms with Crippen molar-refractivity contribution in [3.63, 3.8) is 0 Å². The molecule has 1 aromatic carbocycles. The van der Waals surface area contributed by atoms with Crippen molar-refractivity contribution >= 4 is 28.6 Å². The second-order valence-corrected chi connectivity index (χ2v) is 8.81. The summed E-state index contributed by atoms with van der Waals surface area (Å²) in [5.41, 5.74) is 5.96. The van der Waals surface area contributed by atoms with E-state index in [2.05, 4.69) is 38.5 Å². The van der Waals surface area contributed by atoms with Crippen molar-refractivity contribution in [2.75, 3.05) is 0 Å². The number of nitrogens with zero attached hydrogens (tertiary/aromatic N) is 5. The Labute approximate surface area is 189 Å². The van der Waals surface area contributed by atoms with E-state index in [1.54, 1.807) is 11.3 Å². The van der Waals surface area contributed by atoms with E-state index in [0.717, 1.165) is 55.2 Å². The highest BCUT2D eigenvalue weighted by atomic mass is 35.5. The number of aliphatic imine (C=N–C) groups is 1. The zero-order valence-electron chi connectivity index (χ0n) is 17.3. The van der Waals surface area contributed by atoms with Gasteiger partial charge in [-0.25, -0.2) is 4.98 Å². The molecule has 0 saturated carbocycles. The van der Waals surface area contributed by atoms with Crippen LogP contribution in [0.4, 0.5) is 0 Å². The number of halogens is 1. The maximum absolute atomic E-state index is 6.12. The molecule has 5 nitrogen and oxygen atoms in total. The van der Waals surface area contributed by atoms with Crippen LogP contribution in [0.15, 0.2) is 47.6 Å². The van der Waals surface area contributed by atoms with Gasteiger partial charge in [0.2, 0.25) is 0 Å². The molecule has 4 heterocycles. The molecule has 1 aliphatic heterocycles. The molecule has 0 aliphatic carbocycles. The SMILES string of the molecule is Cc1ccc(C#Cc2sc3c(c2C)C(c2ccc(Cl)cc2)=NCc2nnc(C)n2-3)nc1. The number of pyridine rings is 1. The maximum atomic E-state index is 6.12. The standard InChI is InChI=1S/C24H18ClN5S/c1-14-4-9-19(26-12-14)10-11-20-15(2)22-23(17-5-7-18(25)8-6-17)27-13-21-29-28-16(3)30(21)24(22)31-20/h4-9,12H,13H2,1-3H3. The topological polar surface area (TPSA) is 56.0 Å².